The minimum absolute atomic E-state index is 0.257. The van der Waals surface area contributed by atoms with Gasteiger partial charge in [-0.25, -0.2) is 4.39 Å². The average molecular weight is 223 g/mol. The van der Waals surface area contributed by atoms with Gasteiger partial charge < -0.3 is 15.5 Å². The van der Waals surface area contributed by atoms with Crippen molar-refractivity contribution in [2.24, 2.45) is 0 Å². The fraction of sp³-hybridized carbons (Fsp3) is 0.500. The van der Waals surface area contributed by atoms with Crippen LogP contribution in [-0.4, -0.2) is 37.6 Å². The molecule has 1 heterocycles. The molecule has 2 N–H and O–H groups in total. The summed E-state index contributed by atoms with van der Waals surface area (Å²) in [7, 11) is 0. The predicted molar refractivity (Wildman–Crippen MR) is 65.1 cm³/mol. The first-order valence-electron chi connectivity index (χ1n) is 5.72. The lowest BCUT2D eigenvalue weighted by atomic mass is 10.2. The average Bonchev–Trinajstić information content (AvgIpc) is 2.28. The van der Waals surface area contributed by atoms with Gasteiger partial charge in [0, 0.05) is 37.6 Å². The molecule has 1 fully saturated rings. The van der Waals surface area contributed by atoms with Crippen molar-refractivity contribution in [3.05, 3.63) is 24.0 Å². The molecule has 1 aromatic rings. The standard InChI is InChI=1S/C12H18FN3/c1-2-15-3-5-16(6-4-15)12-8-10(13)7-11(14)9-12/h7-9H,2-6,14H2,1H3. The molecule has 0 aliphatic carbocycles. The summed E-state index contributed by atoms with van der Waals surface area (Å²) in [6.45, 7) is 7.20. The quantitative estimate of drug-likeness (QED) is 0.772. The number of likely N-dealkylation sites (N-methyl/N-ethyl adjacent to an activating group) is 1. The Labute approximate surface area is 95.6 Å². The highest BCUT2D eigenvalue weighted by atomic mass is 19.1. The molecule has 4 heteroatoms. The van der Waals surface area contributed by atoms with Gasteiger partial charge in [-0.2, -0.15) is 0 Å². The second kappa shape index (κ2) is 4.70. The number of halogens is 1. The number of nitrogens with zero attached hydrogens (tertiary/aromatic N) is 2. The molecule has 0 saturated carbocycles. The van der Waals surface area contributed by atoms with Crippen molar-refractivity contribution in [2.45, 2.75) is 6.92 Å². The molecule has 0 radical (unpaired) electrons. The van der Waals surface area contributed by atoms with Crippen molar-refractivity contribution in [1.82, 2.24) is 4.90 Å². The molecule has 0 amide bonds. The van der Waals surface area contributed by atoms with Gasteiger partial charge in [0.15, 0.2) is 0 Å². The SMILES string of the molecule is CCN1CCN(c2cc(N)cc(F)c2)CC1. The molecule has 0 bridgehead atoms. The van der Waals surface area contributed by atoms with Crippen molar-refractivity contribution in [1.29, 1.82) is 0 Å². The first-order valence-corrected chi connectivity index (χ1v) is 5.72. The fourth-order valence-electron chi connectivity index (χ4n) is 2.10. The molecule has 0 unspecified atom stereocenters. The van der Waals surface area contributed by atoms with Gasteiger partial charge in [0.2, 0.25) is 0 Å². The number of anilines is 2. The Bertz CT molecular complexity index is 339. The van der Waals surface area contributed by atoms with E-state index in [2.05, 4.69) is 16.7 Å². The summed E-state index contributed by atoms with van der Waals surface area (Å²) in [5.74, 6) is -0.257. The number of hydrogen-bond acceptors (Lipinski definition) is 3. The molecule has 0 spiro atoms. The second-order valence-electron chi connectivity index (χ2n) is 4.16. The van der Waals surface area contributed by atoms with Gasteiger partial charge in [0.25, 0.3) is 0 Å². The molecule has 1 saturated heterocycles. The van der Waals surface area contributed by atoms with E-state index in [4.69, 9.17) is 5.73 Å². The molecule has 0 aromatic heterocycles. The Hall–Kier alpha value is -1.29. The number of rotatable bonds is 2. The summed E-state index contributed by atoms with van der Waals surface area (Å²) in [4.78, 5) is 4.57. The van der Waals surface area contributed by atoms with Crippen molar-refractivity contribution in [3.8, 4) is 0 Å². The number of nitrogen functional groups attached to an aromatic ring is 1. The molecule has 2 rings (SSSR count). The van der Waals surface area contributed by atoms with Crippen LogP contribution in [-0.2, 0) is 0 Å². The van der Waals surface area contributed by atoms with E-state index in [0.717, 1.165) is 38.4 Å². The summed E-state index contributed by atoms with van der Waals surface area (Å²) >= 11 is 0. The zero-order valence-corrected chi connectivity index (χ0v) is 9.62. The highest BCUT2D eigenvalue weighted by Gasteiger charge is 2.16. The van der Waals surface area contributed by atoms with E-state index in [9.17, 15) is 4.39 Å². The fourth-order valence-corrected chi connectivity index (χ4v) is 2.10. The van der Waals surface area contributed by atoms with Gasteiger partial charge in [0.1, 0.15) is 5.82 Å². The molecular weight excluding hydrogens is 205 g/mol. The summed E-state index contributed by atoms with van der Waals surface area (Å²) in [6.07, 6.45) is 0. The van der Waals surface area contributed by atoms with Crippen LogP contribution in [0.5, 0.6) is 0 Å². The summed E-state index contributed by atoms with van der Waals surface area (Å²) in [5, 5.41) is 0. The van der Waals surface area contributed by atoms with Crippen LogP contribution in [0, 0.1) is 5.82 Å². The van der Waals surface area contributed by atoms with Crippen molar-refractivity contribution < 1.29 is 4.39 Å². The Morgan fingerprint density at radius 3 is 2.44 bits per heavy atom. The van der Waals surface area contributed by atoms with Gasteiger partial charge in [-0.1, -0.05) is 6.92 Å². The van der Waals surface area contributed by atoms with Gasteiger partial charge in [0.05, 0.1) is 0 Å². The Morgan fingerprint density at radius 1 is 1.19 bits per heavy atom. The zero-order chi connectivity index (χ0) is 11.5. The zero-order valence-electron chi connectivity index (χ0n) is 9.62. The van der Waals surface area contributed by atoms with E-state index in [0.29, 0.717) is 5.69 Å². The van der Waals surface area contributed by atoms with Gasteiger partial charge in [-0.05, 0) is 24.7 Å². The Kier molecular flexibility index (Phi) is 3.29. The van der Waals surface area contributed by atoms with Crippen LogP contribution in [0.2, 0.25) is 0 Å². The first kappa shape index (κ1) is 11.2. The van der Waals surface area contributed by atoms with Gasteiger partial charge >= 0.3 is 0 Å². The third-order valence-electron chi connectivity index (χ3n) is 3.09. The van der Waals surface area contributed by atoms with E-state index >= 15 is 0 Å². The summed E-state index contributed by atoms with van der Waals surface area (Å²) < 4.78 is 13.2. The molecule has 0 atom stereocenters. The van der Waals surface area contributed by atoms with Crippen LogP contribution in [0.15, 0.2) is 18.2 Å². The van der Waals surface area contributed by atoms with Crippen LogP contribution < -0.4 is 10.6 Å². The molecule has 88 valence electrons. The number of piperazine rings is 1. The maximum atomic E-state index is 13.2. The van der Waals surface area contributed by atoms with Gasteiger partial charge in [-0.15, -0.1) is 0 Å². The molecule has 1 aromatic carbocycles. The van der Waals surface area contributed by atoms with Crippen LogP contribution in [0.3, 0.4) is 0 Å². The van der Waals surface area contributed by atoms with Gasteiger partial charge in [-0.3, -0.25) is 0 Å². The van der Waals surface area contributed by atoms with E-state index < -0.39 is 0 Å². The highest BCUT2D eigenvalue weighted by molar-refractivity contribution is 5.56. The molecule has 1 aliphatic rings. The third-order valence-corrected chi connectivity index (χ3v) is 3.09. The van der Waals surface area contributed by atoms with E-state index in [-0.39, 0.29) is 5.82 Å². The largest absolute Gasteiger partial charge is 0.399 e. The minimum Gasteiger partial charge on any atom is -0.399 e. The first-order chi connectivity index (χ1) is 7.69. The topological polar surface area (TPSA) is 32.5 Å². The van der Waals surface area contributed by atoms with Crippen LogP contribution in [0.25, 0.3) is 0 Å². The predicted octanol–water partition coefficient (Wildman–Crippen LogP) is 1.55. The maximum absolute atomic E-state index is 13.2. The van der Waals surface area contributed by atoms with Crippen LogP contribution in [0.1, 0.15) is 6.92 Å². The molecule has 3 nitrogen and oxygen atoms in total. The molecular formula is C12H18FN3. The van der Waals surface area contributed by atoms with Crippen molar-refractivity contribution >= 4 is 11.4 Å². The van der Waals surface area contributed by atoms with E-state index in [1.54, 1.807) is 6.07 Å². The van der Waals surface area contributed by atoms with Crippen LogP contribution >= 0.6 is 0 Å². The molecule has 1 aliphatic heterocycles. The number of hydrogen-bond donors (Lipinski definition) is 1. The summed E-state index contributed by atoms with van der Waals surface area (Å²) in [6, 6.07) is 4.74. The van der Waals surface area contributed by atoms with E-state index in [1.165, 1.54) is 6.07 Å². The lowest BCUT2D eigenvalue weighted by Crippen LogP contribution is -2.46. The third kappa shape index (κ3) is 2.44. The minimum atomic E-state index is -0.257. The second-order valence-corrected chi connectivity index (χ2v) is 4.16. The molecule has 16 heavy (non-hydrogen) atoms. The smallest absolute Gasteiger partial charge is 0.127 e. The lowest BCUT2D eigenvalue weighted by molar-refractivity contribution is 0.271. The maximum Gasteiger partial charge on any atom is 0.127 e. The van der Waals surface area contributed by atoms with Crippen molar-refractivity contribution in [3.63, 3.8) is 0 Å². The summed E-state index contributed by atoms with van der Waals surface area (Å²) in [5.41, 5.74) is 7.03. The monoisotopic (exact) mass is 223 g/mol. The normalized spacial score (nSPS) is 17.8. The Morgan fingerprint density at radius 2 is 1.88 bits per heavy atom. The van der Waals surface area contributed by atoms with E-state index in [1.807, 2.05) is 6.07 Å². The number of nitrogens with two attached hydrogens (primary N) is 1. The highest BCUT2D eigenvalue weighted by Crippen LogP contribution is 2.21. The Balaban J connectivity index is 2.08. The number of benzene rings is 1. The van der Waals surface area contributed by atoms with Crippen molar-refractivity contribution in [2.75, 3.05) is 43.4 Å². The van der Waals surface area contributed by atoms with Crippen LogP contribution in [0.4, 0.5) is 15.8 Å². The lowest BCUT2D eigenvalue weighted by Gasteiger charge is -2.35.